The summed E-state index contributed by atoms with van der Waals surface area (Å²) in [5, 5.41) is 9.01. The van der Waals surface area contributed by atoms with Crippen molar-refractivity contribution in [1.29, 1.82) is 0 Å². The van der Waals surface area contributed by atoms with E-state index in [9.17, 15) is 9.59 Å². The predicted octanol–water partition coefficient (Wildman–Crippen LogP) is 0.669. The Kier molecular flexibility index (Phi) is 3.59. The molecule has 6 nitrogen and oxygen atoms in total. The number of benzene rings is 1. The maximum atomic E-state index is 11.3. The number of carboxylic acid groups (broad SMARTS) is 1. The Balaban J connectivity index is 2.27. The van der Waals surface area contributed by atoms with Gasteiger partial charge >= 0.3 is 5.97 Å². The van der Waals surface area contributed by atoms with Crippen molar-refractivity contribution in [3.8, 4) is 0 Å². The van der Waals surface area contributed by atoms with E-state index in [1.165, 1.54) is 6.07 Å². The number of rotatable bonds is 3. The average molecular weight is 263 g/mol. The number of amides is 1. The SMILES string of the molecule is NC(=O)C1CCCN(c2cc(C(=O)O)ccc2N)C1. The molecule has 1 aromatic carbocycles. The number of hydrogen-bond acceptors (Lipinski definition) is 4. The van der Waals surface area contributed by atoms with Gasteiger partial charge in [0, 0.05) is 13.1 Å². The number of hydrogen-bond donors (Lipinski definition) is 3. The summed E-state index contributed by atoms with van der Waals surface area (Å²) in [5.74, 6) is -1.52. The molecule has 1 aromatic rings. The summed E-state index contributed by atoms with van der Waals surface area (Å²) < 4.78 is 0. The summed E-state index contributed by atoms with van der Waals surface area (Å²) in [6.45, 7) is 1.24. The number of anilines is 2. The molecule has 0 saturated carbocycles. The first-order chi connectivity index (χ1) is 8.99. The Morgan fingerprint density at radius 3 is 2.74 bits per heavy atom. The van der Waals surface area contributed by atoms with Gasteiger partial charge in [-0.25, -0.2) is 4.79 Å². The zero-order chi connectivity index (χ0) is 14.0. The third-order valence-electron chi connectivity index (χ3n) is 3.44. The lowest BCUT2D eigenvalue weighted by Crippen LogP contribution is -2.41. The third kappa shape index (κ3) is 2.78. The van der Waals surface area contributed by atoms with Crippen molar-refractivity contribution in [3.63, 3.8) is 0 Å². The molecule has 1 amide bonds. The molecule has 0 bridgehead atoms. The van der Waals surface area contributed by atoms with Crippen LogP contribution in [0.5, 0.6) is 0 Å². The Hall–Kier alpha value is -2.24. The van der Waals surface area contributed by atoms with Crippen molar-refractivity contribution in [3.05, 3.63) is 23.8 Å². The average Bonchev–Trinajstić information content (AvgIpc) is 2.39. The van der Waals surface area contributed by atoms with Crippen LogP contribution in [0.15, 0.2) is 18.2 Å². The highest BCUT2D eigenvalue weighted by atomic mass is 16.4. The highest BCUT2D eigenvalue weighted by Crippen LogP contribution is 2.29. The maximum absolute atomic E-state index is 11.3. The maximum Gasteiger partial charge on any atom is 0.335 e. The van der Waals surface area contributed by atoms with Crippen LogP contribution in [0.4, 0.5) is 11.4 Å². The molecule has 1 aliphatic heterocycles. The van der Waals surface area contributed by atoms with E-state index in [0.29, 0.717) is 17.9 Å². The van der Waals surface area contributed by atoms with Crippen LogP contribution in [0.25, 0.3) is 0 Å². The summed E-state index contributed by atoms with van der Waals surface area (Å²) in [6.07, 6.45) is 1.61. The monoisotopic (exact) mass is 263 g/mol. The molecule has 0 spiro atoms. The normalized spacial score (nSPS) is 19.2. The fourth-order valence-corrected chi connectivity index (χ4v) is 2.38. The second kappa shape index (κ2) is 5.17. The molecule has 1 saturated heterocycles. The second-order valence-electron chi connectivity index (χ2n) is 4.77. The van der Waals surface area contributed by atoms with E-state index in [1.807, 2.05) is 4.90 Å². The van der Waals surface area contributed by atoms with Crippen LogP contribution in [0.3, 0.4) is 0 Å². The molecule has 2 rings (SSSR count). The van der Waals surface area contributed by atoms with E-state index < -0.39 is 5.97 Å². The van der Waals surface area contributed by atoms with Crippen LogP contribution >= 0.6 is 0 Å². The van der Waals surface area contributed by atoms with Crippen molar-refractivity contribution < 1.29 is 14.7 Å². The summed E-state index contributed by atoms with van der Waals surface area (Å²) in [5.41, 5.74) is 12.6. The number of nitrogen functional groups attached to an aromatic ring is 1. The van der Waals surface area contributed by atoms with E-state index >= 15 is 0 Å². The van der Waals surface area contributed by atoms with E-state index in [4.69, 9.17) is 16.6 Å². The molecule has 0 aromatic heterocycles. The summed E-state index contributed by atoms with van der Waals surface area (Å²) in [7, 11) is 0. The fourth-order valence-electron chi connectivity index (χ4n) is 2.38. The molecule has 0 aliphatic carbocycles. The molecule has 102 valence electrons. The minimum Gasteiger partial charge on any atom is -0.478 e. The number of carbonyl (C=O) groups excluding carboxylic acids is 1. The molecule has 5 N–H and O–H groups in total. The zero-order valence-corrected chi connectivity index (χ0v) is 10.5. The highest BCUT2D eigenvalue weighted by molar-refractivity contribution is 5.90. The van der Waals surface area contributed by atoms with Gasteiger partial charge in [-0.3, -0.25) is 4.79 Å². The van der Waals surface area contributed by atoms with Gasteiger partial charge in [-0.1, -0.05) is 0 Å². The van der Waals surface area contributed by atoms with Gasteiger partial charge in [-0.2, -0.15) is 0 Å². The lowest BCUT2D eigenvalue weighted by atomic mass is 9.96. The van der Waals surface area contributed by atoms with Crippen molar-refractivity contribution in [2.45, 2.75) is 12.8 Å². The first-order valence-electron chi connectivity index (χ1n) is 6.16. The highest BCUT2D eigenvalue weighted by Gasteiger charge is 2.25. The van der Waals surface area contributed by atoms with Crippen molar-refractivity contribution in [2.75, 3.05) is 23.7 Å². The van der Waals surface area contributed by atoms with Crippen molar-refractivity contribution >= 4 is 23.3 Å². The number of primary amides is 1. The Labute approximate surface area is 111 Å². The number of carbonyl (C=O) groups is 2. The standard InChI is InChI=1S/C13H17N3O3/c14-10-4-3-8(13(18)19)6-11(10)16-5-1-2-9(7-16)12(15)17/h3-4,6,9H,1-2,5,7,14H2,(H2,15,17)(H,18,19). The minimum absolute atomic E-state index is 0.186. The molecule has 1 unspecified atom stereocenters. The van der Waals surface area contributed by atoms with Gasteiger partial charge < -0.3 is 21.5 Å². The molecule has 1 fully saturated rings. The van der Waals surface area contributed by atoms with Crippen LogP contribution in [-0.4, -0.2) is 30.1 Å². The molecular weight excluding hydrogens is 246 g/mol. The summed E-state index contributed by atoms with van der Waals surface area (Å²) in [4.78, 5) is 24.2. The van der Waals surface area contributed by atoms with E-state index in [2.05, 4.69) is 0 Å². The number of aromatic carboxylic acids is 1. The van der Waals surface area contributed by atoms with Crippen LogP contribution in [0, 0.1) is 5.92 Å². The first kappa shape index (κ1) is 13.2. The van der Waals surface area contributed by atoms with Crippen LogP contribution in [0.2, 0.25) is 0 Å². The minimum atomic E-state index is -0.996. The van der Waals surface area contributed by atoms with Gasteiger partial charge in [0.05, 0.1) is 22.9 Å². The van der Waals surface area contributed by atoms with Gasteiger partial charge in [0.15, 0.2) is 0 Å². The smallest absolute Gasteiger partial charge is 0.335 e. The van der Waals surface area contributed by atoms with Gasteiger partial charge in [0.1, 0.15) is 0 Å². The fraction of sp³-hybridized carbons (Fsp3) is 0.385. The molecule has 1 heterocycles. The van der Waals surface area contributed by atoms with Gasteiger partial charge in [-0.05, 0) is 31.0 Å². The van der Waals surface area contributed by atoms with E-state index in [1.54, 1.807) is 12.1 Å². The summed E-state index contributed by atoms with van der Waals surface area (Å²) in [6, 6.07) is 4.59. The number of carboxylic acids is 1. The first-order valence-corrected chi connectivity index (χ1v) is 6.16. The van der Waals surface area contributed by atoms with Gasteiger partial charge in [0.2, 0.25) is 5.91 Å². The number of nitrogens with zero attached hydrogens (tertiary/aromatic N) is 1. The van der Waals surface area contributed by atoms with Crippen molar-refractivity contribution in [1.82, 2.24) is 0 Å². The van der Waals surface area contributed by atoms with Crippen LogP contribution in [-0.2, 0) is 4.79 Å². The lowest BCUT2D eigenvalue weighted by molar-refractivity contribution is -0.122. The predicted molar refractivity (Wildman–Crippen MR) is 71.9 cm³/mol. The third-order valence-corrected chi connectivity index (χ3v) is 3.44. The second-order valence-corrected chi connectivity index (χ2v) is 4.77. The quantitative estimate of drug-likeness (QED) is 0.694. The topological polar surface area (TPSA) is 110 Å². The Bertz CT molecular complexity index is 516. The lowest BCUT2D eigenvalue weighted by Gasteiger charge is -2.33. The summed E-state index contributed by atoms with van der Waals surface area (Å²) >= 11 is 0. The van der Waals surface area contributed by atoms with Gasteiger partial charge in [0.25, 0.3) is 0 Å². The molecular formula is C13H17N3O3. The number of piperidine rings is 1. The van der Waals surface area contributed by atoms with Crippen LogP contribution in [0.1, 0.15) is 23.2 Å². The zero-order valence-electron chi connectivity index (χ0n) is 10.5. The molecule has 6 heteroatoms. The Morgan fingerprint density at radius 2 is 2.11 bits per heavy atom. The largest absolute Gasteiger partial charge is 0.478 e. The van der Waals surface area contributed by atoms with Gasteiger partial charge in [-0.15, -0.1) is 0 Å². The van der Waals surface area contributed by atoms with Crippen LogP contribution < -0.4 is 16.4 Å². The molecule has 19 heavy (non-hydrogen) atoms. The molecule has 1 aliphatic rings. The van der Waals surface area contributed by atoms with E-state index in [0.717, 1.165) is 19.4 Å². The van der Waals surface area contributed by atoms with Crippen molar-refractivity contribution in [2.24, 2.45) is 11.7 Å². The molecule has 0 radical (unpaired) electrons. The number of nitrogens with two attached hydrogens (primary N) is 2. The van der Waals surface area contributed by atoms with E-state index in [-0.39, 0.29) is 17.4 Å². The molecule has 1 atom stereocenters. The Morgan fingerprint density at radius 1 is 1.37 bits per heavy atom.